The van der Waals surface area contributed by atoms with Gasteiger partial charge in [0.15, 0.2) is 5.82 Å². The third-order valence-corrected chi connectivity index (χ3v) is 3.30. The lowest BCUT2D eigenvalue weighted by molar-refractivity contribution is -0.140. The van der Waals surface area contributed by atoms with Gasteiger partial charge in [0, 0.05) is 22.2 Å². The first-order valence-corrected chi connectivity index (χ1v) is 7.43. The maximum absolute atomic E-state index is 12.2. The highest BCUT2D eigenvalue weighted by Gasteiger charge is 2.33. The Morgan fingerprint density at radius 3 is 2.69 bits per heavy atom. The van der Waals surface area contributed by atoms with E-state index in [1.807, 2.05) is 5.32 Å². The number of amides is 1. The van der Waals surface area contributed by atoms with E-state index in [4.69, 9.17) is 5.73 Å². The van der Waals surface area contributed by atoms with Gasteiger partial charge in [-0.2, -0.15) is 13.2 Å². The summed E-state index contributed by atoms with van der Waals surface area (Å²) in [7, 11) is 0. The molecule has 2 aromatic heterocycles. The second-order valence-corrected chi connectivity index (χ2v) is 5.99. The minimum absolute atomic E-state index is 0. The SMILES string of the molecule is CC(C)(Nc1ccnc(-c2c[nH]c(=O)c(N)c2)n1)C(=O)NCC(F)(F)F.[HH].[HH].[HH]. The number of hydrogen-bond donors (Lipinski definition) is 4. The largest absolute Gasteiger partial charge is 0.405 e. The van der Waals surface area contributed by atoms with Crippen LogP contribution in [0.2, 0.25) is 0 Å². The number of nitrogens with one attached hydrogen (secondary N) is 3. The maximum atomic E-state index is 12.2. The van der Waals surface area contributed by atoms with Crippen LogP contribution < -0.4 is 21.9 Å². The molecule has 0 saturated heterocycles. The second kappa shape index (κ2) is 7.02. The Kier molecular flexibility index (Phi) is 5.19. The van der Waals surface area contributed by atoms with Crippen LogP contribution in [0, 0.1) is 0 Å². The molecule has 1 amide bonds. The Morgan fingerprint density at radius 1 is 1.38 bits per heavy atom. The van der Waals surface area contributed by atoms with E-state index in [0.717, 1.165) is 0 Å². The van der Waals surface area contributed by atoms with Crippen molar-refractivity contribution in [1.82, 2.24) is 20.3 Å². The van der Waals surface area contributed by atoms with Crippen LogP contribution in [0.25, 0.3) is 11.4 Å². The number of nitrogen functional groups attached to an aromatic ring is 1. The predicted molar refractivity (Wildman–Crippen MR) is 95.6 cm³/mol. The van der Waals surface area contributed by atoms with Crippen molar-refractivity contribution in [3.05, 3.63) is 34.9 Å². The molecule has 2 rings (SSSR count). The number of hydrogen-bond acceptors (Lipinski definition) is 6. The van der Waals surface area contributed by atoms with Gasteiger partial charge in [-0.05, 0) is 26.0 Å². The summed E-state index contributed by atoms with van der Waals surface area (Å²) in [5.74, 6) is -0.417. The van der Waals surface area contributed by atoms with E-state index in [1.165, 1.54) is 38.4 Å². The molecule has 5 N–H and O–H groups in total. The summed E-state index contributed by atoms with van der Waals surface area (Å²) in [5, 5.41) is 4.57. The molecule has 0 aliphatic carbocycles. The second-order valence-electron chi connectivity index (χ2n) is 5.99. The lowest BCUT2D eigenvalue weighted by atomic mass is 10.0. The van der Waals surface area contributed by atoms with Crippen molar-refractivity contribution >= 4 is 17.4 Å². The summed E-state index contributed by atoms with van der Waals surface area (Å²) in [6, 6.07) is 2.84. The Balaban J connectivity index is 0. The molecule has 0 saturated carbocycles. The molecule has 146 valence electrons. The number of carbonyl (C=O) groups is 1. The summed E-state index contributed by atoms with van der Waals surface area (Å²) in [5.41, 5.74) is 4.15. The molecule has 26 heavy (non-hydrogen) atoms. The first-order chi connectivity index (χ1) is 12.0. The van der Waals surface area contributed by atoms with E-state index >= 15 is 0 Å². The zero-order chi connectivity index (χ0) is 19.5. The van der Waals surface area contributed by atoms with Crippen LogP contribution in [0.4, 0.5) is 24.7 Å². The Morgan fingerprint density at radius 2 is 2.08 bits per heavy atom. The maximum Gasteiger partial charge on any atom is 0.405 e. The van der Waals surface area contributed by atoms with E-state index < -0.39 is 29.7 Å². The standard InChI is InChI=1S/C15H17F3N6O2.3H2/c1-14(2,13(26)22-7-15(16,17)18)24-10-3-4-20-11(23-10)8-5-9(19)12(25)21-6-8;;;/h3-6H,7,19H2,1-2H3,(H,21,25)(H,22,26)(H,20,23,24);3*1H. The van der Waals surface area contributed by atoms with Gasteiger partial charge in [-0.15, -0.1) is 0 Å². The summed E-state index contributed by atoms with van der Waals surface area (Å²) >= 11 is 0. The van der Waals surface area contributed by atoms with Crippen LogP contribution in [0.5, 0.6) is 0 Å². The number of pyridine rings is 1. The van der Waals surface area contributed by atoms with Gasteiger partial charge in [0.05, 0.1) is 5.69 Å². The molecule has 0 fully saturated rings. The van der Waals surface area contributed by atoms with Gasteiger partial charge < -0.3 is 21.4 Å². The number of H-pyrrole nitrogens is 1. The molecule has 0 spiro atoms. The lowest BCUT2D eigenvalue weighted by Crippen LogP contribution is -2.50. The topological polar surface area (TPSA) is 126 Å². The first-order valence-electron chi connectivity index (χ1n) is 7.43. The number of anilines is 2. The highest BCUT2D eigenvalue weighted by Crippen LogP contribution is 2.19. The van der Waals surface area contributed by atoms with Crippen molar-refractivity contribution in [1.29, 1.82) is 0 Å². The molecule has 0 aromatic carbocycles. The van der Waals surface area contributed by atoms with Crippen LogP contribution in [0.15, 0.2) is 29.3 Å². The lowest BCUT2D eigenvalue weighted by Gasteiger charge is -2.26. The fourth-order valence-electron chi connectivity index (χ4n) is 1.98. The summed E-state index contributed by atoms with van der Waals surface area (Å²) in [4.78, 5) is 34.0. The number of aromatic nitrogens is 3. The third kappa shape index (κ3) is 4.94. The molecule has 8 nitrogen and oxygen atoms in total. The van der Waals surface area contributed by atoms with Crippen molar-refractivity contribution in [2.24, 2.45) is 0 Å². The highest BCUT2D eigenvalue weighted by atomic mass is 19.4. The fraction of sp³-hybridized carbons (Fsp3) is 0.333. The van der Waals surface area contributed by atoms with E-state index in [1.54, 1.807) is 0 Å². The smallest absolute Gasteiger partial charge is 0.394 e. The molecule has 0 unspecified atom stereocenters. The van der Waals surface area contributed by atoms with E-state index in [2.05, 4.69) is 20.3 Å². The quantitative estimate of drug-likeness (QED) is 0.633. The van der Waals surface area contributed by atoms with Crippen LogP contribution in [0.3, 0.4) is 0 Å². The van der Waals surface area contributed by atoms with Gasteiger partial charge in [0.1, 0.15) is 17.9 Å². The number of alkyl halides is 3. The fourth-order valence-corrected chi connectivity index (χ4v) is 1.98. The van der Waals surface area contributed by atoms with E-state index in [-0.39, 0.29) is 21.6 Å². The van der Waals surface area contributed by atoms with Crippen molar-refractivity contribution in [3.8, 4) is 11.4 Å². The summed E-state index contributed by atoms with van der Waals surface area (Å²) in [6.45, 7) is 1.40. The Hall–Kier alpha value is -3.11. The molecular weight excluding hydrogens is 353 g/mol. The highest BCUT2D eigenvalue weighted by molar-refractivity contribution is 5.88. The molecule has 11 heteroatoms. The van der Waals surface area contributed by atoms with Gasteiger partial charge in [0.25, 0.3) is 5.56 Å². The molecule has 0 aliphatic rings. The molecule has 0 bridgehead atoms. The monoisotopic (exact) mass is 376 g/mol. The number of carbonyl (C=O) groups excluding carboxylic acids is 1. The zero-order valence-corrected chi connectivity index (χ0v) is 13.9. The number of halogens is 3. The summed E-state index contributed by atoms with van der Waals surface area (Å²) < 4.78 is 36.7. The molecule has 0 aliphatic heterocycles. The average molecular weight is 376 g/mol. The summed E-state index contributed by atoms with van der Waals surface area (Å²) in [6.07, 6.45) is -1.73. The van der Waals surface area contributed by atoms with Gasteiger partial charge in [0.2, 0.25) is 5.91 Å². The van der Waals surface area contributed by atoms with Gasteiger partial charge >= 0.3 is 6.18 Å². The van der Waals surface area contributed by atoms with Crippen molar-refractivity contribution in [2.45, 2.75) is 25.6 Å². The average Bonchev–Trinajstić information content (AvgIpc) is 2.54. The van der Waals surface area contributed by atoms with Crippen molar-refractivity contribution in [3.63, 3.8) is 0 Å². The molecule has 2 aromatic rings. The number of aromatic amines is 1. The van der Waals surface area contributed by atoms with Crippen molar-refractivity contribution in [2.75, 3.05) is 17.6 Å². The number of nitrogens with zero attached hydrogens (tertiary/aromatic N) is 2. The number of nitrogens with two attached hydrogens (primary N) is 1. The zero-order valence-electron chi connectivity index (χ0n) is 13.9. The van der Waals surface area contributed by atoms with Gasteiger partial charge in [-0.25, -0.2) is 9.97 Å². The van der Waals surface area contributed by atoms with Crippen molar-refractivity contribution < 1.29 is 22.2 Å². The minimum Gasteiger partial charge on any atom is -0.394 e. The Labute approximate surface area is 150 Å². The van der Waals surface area contributed by atoms with Crippen LogP contribution in [-0.2, 0) is 4.79 Å². The van der Waals surface area contributed by atoms with Crippen LogP contribution in [-0.4, -0.2) is 39.1 Å². The third-order valence-electron chi connectivity index (χ3n) is 3.30. The normalized spacial score (nSPS) is 11.9. The Bertz CT molecular complexity index is 877. The molecule has 2 heterocycles. The predicted octanol–water partition coefficient (Wildman–Crippen LogP) is 2.02. The number of rotatable bonds is 5. The van der Waals surface area contributed by atoms with E-state index in [9.17, 15) is 22.8 Å². The van der Waals surface area contributed by atoms with E-state index in [0.29, 0.717) is 5.56 Å². The van der Waals surface area contributed by atoms with Gasteiger partial charge in [-0.1, -0.05) is 0 Å². The molecular formula is C15H23F3N6O2. The van der Waals surface area contributed by atoms with Gasteiger partial charge in [-0.3, -0.25) is 9.59 Å². The first kappa shape index (κ1) is 19.2. The molecule has 0 radical (unpaired) electrons. The van der Waals surface area contributed by atoms with Crippen LogP contribution >= 0.6 is 0 Å². The minimum atomic E-state index is -4.50. The molecule has 0 atom stereocenters. The van der Waals surface area contributed by atoms with Crippen LogP contribution in [0.1, 0.15) is 18.1 Å².